The van der Waals surface area contributed by atoms with Gasteiger partial charge < -0.3 is 14.5 Å². The van der Waals surface area contributed by atoms with Crippen molar-refractivity contribution in [2.45, 2.75) is 30.6 Å². The third-order valence-corrected chi connectivity index (χ3v) is 11.9. The van der Waals surface area contributed by atoms with Gasteiger partial charge in [0.25, 0.3) is 15.9 Å². The van der Waals surface area contributed by atoms with Crippen LogP contribution in [0.25, 0.3) is 33.3 Å². The second-order valence-corrected chi connectivity index (χ2v) is 15.6. The van der Waals surface area contributed by atoms with Crippen molar-refractivity contribution in [2.75, 3.05) is 46.4 Å². The highest BCUT2D eigenvalue weighted by Crippen LogP contribution is 2.39. The van der Waals surface area contributed by atoms with Crippen molar-refractivity contribution in [3.05, 3.63) is 108 Å². The maximum absolute atomic E-state index is 15.6. The van der Waals surface area contributed by atoms with Gasteiger partial charge in [-0.25, -0.2) is 21.8 Å². The minimum atomic E-state index is -3.99. The minimum absolute atomic E-state index is 0.0295. The molecule has 0 radical (unpaired) electrons. The maximum Gasteiger partial charge on any atom is 0.269 e. The van der Waals surface area contributed by atoms with Crippen LogP contribution in [-0.4, -0.2) is 79.5 Å². The number of piperidine rings is 1. The molecule has 8 rings (SSSR count). The van der Waals surface area contributed by atoms with Gasteiger partial charge in [0.05, 0.1) is 23.5 Å². The van der Waals surface area contributed by atoms with E-state index < -0.39 is 10.0 Å². The third-order valence-electron chi connectivity index (χ3n) is 10.3. The molecule has 0 N–H and O–H groups in total. The molecule has 48 heavy (non-hydrogen) atoms. The number of aryl methyl sites for hydroxylation is 1. The number of hydrogen-bond donors (Lipinski definition) is 0. The molecule has 2 aromatic heterocycles. The summed E-state index contributed by atoms with van der Waals surface area (Å²) in [6, 6.07) is 21.2. The largest absolute Gasteiger partial charge is 0.380 e. The quantitative estimate of drug-likeness (QED) is 0.211. The van der Waals surface area contributed by atoms with Gasteiger partial charge in [-0.3, -0.25) is 4.79 Å². The SMILES string of the molecule is Cc1ccc(S(=O)(=O)n2cc(-c3ccc(C(=O)N4CC5(COC5)C4)cc3)c3cc(-c4ccc(C5CCN(C)CC5)c(F)c4)cnc32)cc1. The summed E-state index contributed by atoms with van der Waals surface area (Å²) in [5.41, 5.74) is 5.40. The van der Waals surface area contributed by atoms with Gasteiger partial charge in [-0.2, -0.15) is 0 Å². The lowest BCUT2D eigenvalue weighted by atomic mass is 9.78. The molecule has 5 aromatic rings. The molecule has 0 unspecified atom stereocenters. The van der Waals surface area contributed by atoms with Crippen LogP contribution < -0.4 is 0 Å². The fourth-order valence-corrected chi connectivity index (χ4v) is 8.61. The lowest BCUT2D eigenvalue weighted by Gasteiger charge is -2.54. The number of carbonyl (C=O) groups excluding carboxylic acids is 1. The smallest absolute Gasteiger partial charge is 0.269 e. The fourth-order valence-electron chi connectivity index (χ4n) is 7.29. The number of amides is 1. The Morgan fingerprint density at radius 3 is 2.25 bits per heavy atom. The number of ether oxygens (including phenoxy) is 1. The Bertz CT molecular complexity index is 2140. The van der Waals surface area contributed by atoms with Gasteiger partial charge >= 0.3 is 0 Å². The summed E-state index contributed by atoms with van der Waals surface area (Å²) in [6.07, 6.45) is 5.04. The van der Waals surface area contributed by atoms with E-state index in [4.69, 9.17) is 4.74 Å². The molecule has 0 aliphatic carbocycles. The molecule has 246 valence electrons. The van der Waals surface area contributed by atoms with Crippen molar-refractivity contribution in [2.24, 2.45) is 5.41 Å². The summed E-state index contributed by atoms with van der Waals surface area (Å²) in [5, 5.41) is 0.608. The molecule has 3 aromatic carbocycles. The second kappa shape index (κ2) is 11.6. The van der Waals surface area contributed by atoms with Crippen LogP contribution in [-0.2, 0) is 14.8 Å². The Labute approximate surface area is 279 Å². The van der Waals surface area contributed by atoms with Crippen LogP contribution in [0.4, 0.5) is 4.39 Å². The van der Waals surface area contributed by atoms with Gasteiger partial charge in [0.15, 0.2) is 5.65 Å². The topological polar surface area (TPSA) is 84.7 Å². The van der Waals surface area contributed by atoms with Gasteiger partial charge in [-0.1, -0.05) is 42.0 Å². The minimum Gasteiger partial charge on any atom is -0.380 e. The molecule has 3 aliphatic rings. The number of hydrogen-bond acceptors (Lipinski definition) is 6. The predicted molar refractivity (Wildman–Crippen MR) is 183 cm³/mol. The standard InChI is InChI=1S/C38H37FN4O4S/c1-25-3-10-31(11-4-25)48(45,46)43-20-34(26-5-7-28(8-6-26)37(44)42-21-38(22-42)23-47-24-38)33-17-30(19-40-36(33)43)29-9-12-32(35(39)18-29)27-13-15-41(2)16-14-27/h3-12,17-20,27H,13-16,21-24H2,1-2H3. The highest BCUT2D eigenvalue weighted by molar-refractivity contribution is 7.90. The third kappa shape index (κ3) is 5.32. The first-order valence-electron chi connectivity index (χ1n) is 16.4. The normalized spacial score (nSPS) is 18.2. The van der Waals surface area contributed by atoms with Gasteiger partial charge in [-0.05, 0) is 98.9 Å². The molecule has 1 spiro atoms. The number of benzene rings is 3. The molecule has 5 heterocycles. The van der Waals surface area contributed by atoms with Crippen molar-refractivity contribution >= 4 is 27.0 Å². The van der Waals surface area contributed by atoms with E-state index in [-0.39, 0.29) is 33.6 Å². The van der Waals surface area contributed by atoms with Crippen LogP contribution in [0.15, 0.2) is 90.1 Å². The van der Waals surface area contributed by atoms with Gasteiger partial charge in [0.2, 0.25) is 0 Å². The molecule has 3 aliphatic heterocycles. The van der Waals surface area contributed by atoms with E-state index in [2.05, 4.69) is 16.9 Å². The number of likely N-dealkylation sites (tertiary alicyclic amines) is 2. The first-order valence-corrected chi connectivity index (χ1v) is 17.8. The van der Waals surface area contributed by atoms with Crippen molar-refractivity contribution < 1.29 is 22.3 Å². The van der Waals surface area contributed by atoms with Crippen LogP contribution in [0, 0.1) is 18.2 Å². The second-order valence-electron chi connectivity index (χ2n) is 13.8. The van der Waals surface area contributed by atoms with E-state index in [1.165, 1.54) is 3.97 Å². The first kappa shape index (κ1) is 30.9. The van der Waals surface area contributed by atoms with E-state index in [1.807, 2.05) is 42.2 Å². The zero-order chi connectivity index (χ0) is 33.2. The van der Waals surface area contributed by atoms with E-state index in [9.17, 15) is 13.2 Å². The van der Waals surface area contributed by atoms with Crippen molar-refractivity contribution in [1.29, 1.82) is 0 Å². The molecule has 0 atom stereocenters. The first-order chi connectivity index (χ1) is 23.1. The highest BCUT2D eigenvalue weighted by Gasteiger charge is 2.50. The highest BCUT2D eigenvalue weighted by atomic mass is 32.2. The number of rotatable bonds is 6. The van der Waals surface area contributed by atoms with Crippen molar-refractivity contribution in [3.63, 3.8) is 0 Å². The molecule has 0 bridgehead atoms. The number of pyridine rings is 1. The number of halogens is 1. The monoisotopic (exact) mass is 664 g/mol. The van der Waals surface area contributed by atoms with Gasteiger partial charge in [-0.15, -0.1) is 0 Å². The predicted octanol–water partition coefficient (Wildman–Crippen LogP) is 6.34. The summed E-state index contributed by atoms with van der Waals surface area (Å²) >= 11 is 0. The average molecular weight is 665 g/mol. The molecular weight excluding hydrogens is 628 g/mol. The van der Waals surface area contributed by atoms with E-state index in [0.717, 1.165) is 42.6 Å². The Hall–Kier alpha value is -4.38. The van der Waals surface area contributed by atoms with Gasteiger partial charge in [0, 0.05) is 47.6 Å². The van der Waals surface area contributed by atoms with E-state index in [1.54, 1.807) is 54.9 Å². The summed E-state index contributed by atoms with van der Waals surface area (Å²) < 4.78 is 50.0. The summed E-state index contributed by atoms with van der Waals surface area (Å²) in [6.45, 7) is 6.61. The Kier molecular flexibility index (Phi) is 7.50. The van der Waals surface area contributed by atoms with Crippen molar-refractivity contribution in [3.8, 4) is 22.3 Å². The van der Waals surface area contributed by atoms with Crippen LogP contribution in [0.1, 0.15) is 40.2 Å². The maximum atomic E-state index is 15.6. The van der Waals surface area contributed by atoms with Crippen LogP contribution in [0.5, 0.6) is 0 Å². The molecule has 8 nitrogen and oxygen atoms in total. The fraction of sp³-hybridized carbons (Fsp3) is 0.316. The molecular formula is C38H37FN4O4S. The Morgan fingerprint density at radius 1 is 0.917 bits per heavy atom. The number of nitrogens with zero attached hydrogens (tertiary/aromatic N) is 4. The number of aromatic nitrogens is 2. The lowest BCUT2D eigenvalue weighted by molar-refractivity contribution is -0.176. The van der Waals surface area contributed by atoms with Crippen LogP contribution >= 0.6 is 0 Å². The van der Waals surface area contributed by atoms with E-state index >= 15 is 4.39 Å². The number of fused-ring (bicyclic) bond motifs is 1. The molecule has 3 fully saturated rings. The summed E-state index contributed by atoms with van der Waals surface area (Å²) in [4.78, 5) is 22.1. The average Bonchev–Trinajstić information content (AvgIpc) is 3.44. The van der Waals surface area contributed by atoms with Crippen LogP contribution in [0.2, 0.25) is 0 Å². The lowest BCUT2D eigenvalue weighted by Crippen LogP contribution is -2.67. The van der Waals surface area contributed by atoms with Crippen LogP contribution in [0.3, 0.4) is 0 Å². The number of carbonyl (C=O) groups is 1. The van der Waals surface area contributed by atoms with E-state index in [0.29, 0.717) is 53.9 Å². The summed E-state index contributed by atoms with van der Waals surface area (Å²) in [7, 11) is -1.90. The molecule has 0 saturated carbocycles. The zero-order valence-corrected chi connectivity index (χ0v) is 27.8. The Balaban J connectivity index is 1.17. The molecule has 1 amide bonds. The van der Waals surface area contributed by atoms with Gasteiger partial charge in [0.1, 0.15) is 5.82 Å². The molecule has 10 heteroatoms. The Morgan fingerprint density at radius 2 is 1.60 bits per heavy atom. The molecule has 3 saturated heterocycles. The zero-order valence-electron chi connectivity index (χ0n) is 27.0. The van der Waals surface area contributed by atoms with Crippen molar-refractivity contribution in [1.82, 2.24) is 18.8 Å². The summed E-state index contributed by atoms with van der Waals surface area (Å²) in [5.74, 6) is -0.0778.